The molecule has 2 aliphatic rings. The summed E-state index contributed by atoms with van der Waals surface area (Å²) < 4.78 is 36.6. The fourth-order valence-electron chi connectivity index (χ4n) is 6.79. The molecule has 2 aromatic heterocycles. The Morgan fingerprint density at radius 2 is 1.65 bits per heavy atom. The van der Waals surface area contributed by atoms with Crippen LogP contribution in [0.2, 0.25) is 0 Å². The van der Waals surface area contributed by atoms with Gasteiger partial charge in [0.2, 0.25) is 11.8 Å². The predicted octanol–water partition coefficient (Wildman–Crippen LogP) is 7.09. The lowest BCUT2D eigenvalue weighted by Gasteiger charge is -2.36. The van der Waals surface area contributed by atoms with Crippen molar-refractivity contribution >= 4 is 27.6 Å². The van der Waals surface area contributed by atoms with Crippen molar-refractivity contribution in [2.24, 2.45) is 5.41 Å². The summed E-state index contributed by atoms with van der Waals surface area (Å²) in [4.78, 5) is 32.7. The average Bonchev–Trinajstić information content (AvgIpc) is 3.07. The minimum Gasteiger partial charge on any atom is -0.475 e. The molecule has 4 aromatic rings. The predicted molar refractivity (Wildman–Crippen MR) is 192 cm³/mol. The number of rotatable bonds is 5. The Morgan fingerprint density at radius 1 is 0.939 bits per heavy atom. The molecule has 4 bridgehead atoms. The third-order valence-corrected chi connectivity index (χ3v) is 10.6. The normalized spacial score (nSPS) is 18.1. The first-order valence-corrected chi connectivity index (χ1v) is 18.5. The van der Waals surface area contributed by atoms with E-state index >= 15 is 0 Å². The van der Waals surface area contributed by atoms with Gasteiger partial charge >= 0.3 is 0 Å². The van der Waals surface area contributed by atoms with Gasteiger partial charge in [-0.1, -0.05) is 45.0 Å². The van der Waals surface area contributed by atoms with Crippen molar-refractivity contribution in [3.8, 4) is 17.1 Å². The van der Waals surface area contributed by atoms with E-state index in [1.165, 1.54) is 31.4 Å². The number of ether oxygens (including phenoxy) is 1. The summed E-state index contributed by atoms with van der Waals surface area (Å²) in [6, 6.07) is 15.8. The van der Waals surface area contributed by atoms with Gasteiger partial charge in [0, 0.05) is 29.8 Å². The van der Waals surface area contributed by atoms with Gasteiger partial charge in [-0.15, -0.1) is 0 Å². The molecule has 11 heteroatoms. The molecular formula is C38H46N6O4S. The third-order valence-electron chi connectivity index (χ3n) is 9.26. The number of sulfonamides is 1. The van der Waals surface area contributed by atoms with Crippen LogP contribution in [0.3, 0.4) is 0 Å². The molecule has 1 fully saturated rings. The van der Waals surface area contributed by atoms with Crippen LogP contribution in [0.4, 0.5) is 11.6 Å². The van der Waals surface area contributed by atoms with Gasteiger partial charge in [-0.05, 0) is 93.3 Å². The number of amides is 1. The Balaban J connectivity index is 1.46. The number of nitrogens with zero attached hydrogens (tertiary/aromatic N) is 5. The number of pyridine rings is 1. The molecule has 2 aromatic carbocycles. The maximum atomic E-state index is 14.5. The number of piperidine rings is 1. The second kappa shape index (κ2) is 13.8. The Morgan fingerprint density at radius 3 is 2.33 bits per heavy atom. The van der Waals surface area contributed by atoms with Crippen molar-refractivity contribution in [1.82, 2.24) is 19.9 Å². The topological polar surface area (TPSA) is 118 Å². The van der Waals surface area contributed by atoms with Gasteiger partial charge in [-0.25, -0.2) is 18.1 Å². The van der Waals surface area contributed by atoms with Crippen LogP contribution in [0.25, 0.3) is 11.3 Å². The number of nitrogens with one attached hydrogen (secondary N) is 1. The van der Waals surface area contributed by atoms with Crippen LogP contribution in [0.15, 0.2) is 65.7 Å². The molecule has 0 unspecified atom stereocenters. The molecular weight excluding hydrogens is 637 g/mol. The first-order chi connectivity index (χ1) is 23.3. The summed E-state index contributed by atoms with van der Waals surface area (Å²) >= 11 is 0. The van der Waals surface area contributed by atoms with E-state index in [1.54, 1.807) is 17.0 Å². The second-order valence-electron chi connectivity index (χ2n) is 14.4. The van der Waals surface area contributed by atoms with Gasteiger partial charge in [-0.2, -0.15) is 4.98 Å². The van der Waals surface area contributed by atoms with E-state index in [4.69, 9.17) is 14.7 Å². The van der Waals surface area contributed by atoms with E-state index in [2.05, 4.69) is 41.4 Å². The molecule has 0 aliphatic carbocycles. The zero-order valence-corrected chi connectivity index (χ0v) is 30.1. The largest absolute Gasteiger partial charge is 0.475 e. The maximum Gasteiger partial charge on any atom is 0.264 e. The number of carbonyl (C=O) groups excluding carboxylic acids is 1. The minimum absolute atomic E-state index is 0.0609. The standard InChI is InChI=1S/C38H46N6O4S/c1-25-12-10-13-26(2)33(25)34-27(3)35-41-37(40-34)42-49(46,47)32-15-11-14-28(20-32)36(45)44(31(24-48-35)21-38(4,5)6)23-29-16-17-30(22-39-29)43-18-8-7-9-19-43/h10-17,20,22,31H,7-9,18-19,21,23-24H2,1-6H3,(H,40,41,42)/t31-/m1/s1. The fraction of sp³-hybridized carbons (Fsp3) is 0.421. The molecule has 1 amide bonds. The smallest absolute Gasteiger partial charge is 0.264 e. The first kappa shape index (κ1) is 34.4. The van der Waals surface area contributed by atoms with Gasteiger partial charge in [-0.3, -0.25) is 9.78 Å². The monoisotopic (exact) mass is 682 g/mol. The van der Waals surface area contributed by atoms with Crippen LogP contribution in [0, 0.1) is 26.2 Å². The van der Waals surface area contributed by atoms with Crippen LogP contribution in [-0.4, -0.2) is 59.9 Å². The quantitative estimate of drug-likeness (QED) is 0.237. The lowest BCUT2D eigenvalue weighted by Crippen LogP contribution is -2.45. The van der Waals surface area contributed by atoms with E-state index in [1.807, 2.05) is 51.2 Å². The summed E-state index contributed by atoms with van der Waals surface area (Å²) in [5.74, 6) is -0.148. The Labute approximate surface area is 290 Å². The van der Waals surface area contributed by atoms with E-state index in [0.29, 0.717) is 17.7 Å². The van der Waals surface area contributed by atoms with Gasteiger partial charge < -0.3 is 14.5 Å². The summed E-state index contributed by atoms with van der Waals surface area (Å²) in [6.07, 6.45) is 6.09. The van der Waals surface area contributed by atoms with Crippen LogP contribution in [0.5, 0.6) is 5.88 Å². The highest BCUT2D eigenvalue weighted by molar-refractivity contribution is 7.92. The highest BCUT2D eigenvalue weighted by Crippen LogP contribution is 2.35. The molecule has 2 aliphatic heterocycles. The highest BCUT2D eigenvalue weighted by atomic mass is 32.2. The van der Waals surface area contributed by atoms with Gasteiger partial charge in [0.15, 0.2) is 0 Å². The maximum absolute atomic E-state index is 14.5. The fourth-order valence-corrected chi connectivity index (χ4v) is 7.78. The van der Waals surface area contributed by atoms with E-state index < -0.39 is 16.1 Å². The number of hydrogen-bond acceptors (Lipinski definition) is 8. The number of aromatic nitrogens is 3. The van der Waals surface area contributed by atoms with Gasteiger partial charge in [0.1, 0.15) is 6.61 Å². The van der Waals surface area contributed by atoms with Crippen LogP contribution < -0.4 is 14.4 Å². The lowest BCUT2D eigenvalue weighted by atomic mass is 9.87. The van der Waals surface area contributed by atoms with Crippen molar-refractivity contribution in [2.75, 3.05) is 29.3 Å². The molecule has 4 heterocycles. The zero-order valence-electron chi connectivity index (χ0n) is 29.3. The molecule has 10 nitrogen and oxygen atoms in total. The number of fused-ring (bicyclic) bond motifs is 4. The van der Waals surface area contributed by atoms with Crippen LogP contribution in [0.1, 0.15) is 79.2 Å². The SMILES string of the molecule is Cc1cccc(C)c1-c1nc2nc(c1C)OC[C@@H](CC(C)(C)C)N(Cc1ccc(N3CCCCC3)cn1)C(=O)c1cccc(c1)S(=O)(=O)N2. The third kappa shape index (κ3) is 7.72. The van der Waals surface area contributed by atoms with Crippen LogP contribution >= 0.6 is 0 Å². The highest BCUT2D eigenvalue weighted by Gasteiger charge is 2.32. The molecule has 258 valence electrons. The number of carbonyl (C=O) groups is 1. The average molecular weight is 683 g/mol. The molecule has 1 atom stereocenters. The summed E-state index contributed by atoms with van der Waals surface area (Å²) in [5.41, 5.74) is 6.04. The van der Waals surface area contributed by atoms with Crippen molar-refractivity contribution in [1.29, 1.82) is 0 Å². The summed E-state index contributed by atoms with van der Waals surface area (Å²) in [7, 11) is -4.17. The van der Waals surface area contributed by atoms with Crippen molar-refractivity contribution in [3.63, 3.8) is 0 Å². The summed E-state index contributed by atoms with van der Waals surface area (Å²) in [5, 5.41) is 0. The lowest BCUT2D eigenvalue weighted by molar-refractivity contribution is 0.0508. The van der Waals surface area contributed by atoms with Crippen molar-refractivity contribution < 1.29 is 17.9 Å². The van der Waals surface area contributed by atoms with Crippen LogP contribution in [-0.2, 0) is 16.6 Å². The molecule has 0 saturated carbocycles. The molecule has 0 radical (unpaired) electrons. The molecule has 1 saturated heterocycles. The Bertz CT molecular complexity index is 1930. The van der Waals surface area contributed by atoms with E-state index in [-0.39, 0.29) is 46.8 Å². The Kier molecular flexibility index (Phi) is 9.66. The zero-order chi connectivity index (χ0) is 34.9. The van der Waals surface area contributed by atoms with Crippen molar-refractivity contribution in [2.45, 2.75) is 84.7 Å². The number of anilines is 2. The Hall–Kier alpha value is -4.51. The van der Waals surface area contributed by atoms with E-state index in [0.717, 1.165) is 41.2 Å². The first-order valence-electron chi connectivity index (χ1n) is 17.0. The number of hydrogen-bond donors (Lipinski definition) is 1. The molecule has 0 spiro atoms. The van der Waals surface area contributed by atoms with Gasteiger partial charge in [0.25, 0.3) is 15.9 Å². The second-order valence-corrected chi connectivity index (χ2v) is 16.1. The molecule has 49 heavy (non-hydrogen) atoms. The number of aryl methyl sites for hydroxylation is 2. The molecule has 6 rings (SSSR count). The van der Waals surface area contributed by atoms with Crippen molar-refractivity contribution in [3.05, 3.63) is 88.7 Å². The van der Waals surface area contributed by atoms with Gasteiger partial charge in [0.05, 0.1) is 40.8 Å². The number of benzene rings is 2. The minimum atomic E-state index is -4.17. The van der Waals surface area contributed by atoms with E-state index in [9.17, 15) is 13.2 Å². The summed E-state index contributed by atoms with van der Waals surface area (Å²) in [6.45, 7) is 14.7. The molecule has 1 N–H and O–H groups in total.